The lowest BCUT2D eigenvalue weighted by atomic mass is 10.1. The molecule has 11 nitrogen and oxygen atoms in total. The molecule has 0 aromatic carbocycles. The first-order chi connectivity index (χ1) is 16.2. The van der Waals surface area contributed by atoms with Crippen molar-refractivity contribution in [2.75, 3.05) is 33.0 Å². The molecule has 0 amide bonds. The van der Waals surface area contributed by atoms with Gasteiger partial charge in [0.1, 0.15) is 0 Å². The zero-order valence-corrected chi connectivity index (χ0v) is 21.3. The Hall–Kier alpha value is -2.57. The molecule has 8 N–H and O–H groups in total. The standard InChI is InChI=1S/C6H14O3.C6H14O2.3C4H6O2/c7-3-1-2-6(4-8)5-9;7-5-3-1-2-4-6-8;3*1-3(2)4(5)6/h6-9H,1-5H2;7-8H,1-6H2;3*1H2,2H3,(H,5,6). The molecule has 0 spiro atoms. The van der Waals surface area contributed by atoms with Crippen molar-refractivity contribution in [3.8, 4) is 0 Å². The zero-order chi connectivity index (χ0) is 28.8. The van der Waals surface area contributed by atoms with Crippen LogP contribution < -0.4 is 0 Å². The summed E-state index contributed by atoms with van der Waals surface area (Å²) in [5, 5.41) is 65.6. The molecule has 0 aromatic rings. The van der Waals surface area contributed by atoms with E-state index >= 15 is 0 Å². The van der Waals surface area contributed by atoms with Crippen molar-refractivity contribution in [1.29, 1.82) is 0 Å². The molecule has 35 heavy (non-hydrogen) atoms. The lowest BCUT2D eigenvalue weighted by Gasteiger charge is -2.07. The number of aliphatic carboxylic acids is 3. The molecule has 0 aliphatic carbocycles. The largest absolute Gasteiger partial charge is 0.478 e. The smallest absolute Gasteiger partial charge is 0.330 e. The molecule has 0 bridgehead atoms. The average Bonchev–Trinajstić information content (AvgIpc) is 2.79. The van der Waals surface area contributed by atoms with Crippen molar-refractivity contribution < 1.29 is 55.2 Å². The van der Waals surface area contributed by atoms with Gasteiger partial charge in [-0.3, -0.25) is 0 Å². The maximum Gasteiger partial charge on any atom is 0.330 e. The molecular formula is C24H46O11. The summed E-state index contributed by atoms with van der Waals surface area (Å²) in [7, 11) is 0. The Morgan fingerprint density at radius 2 is 0.771 bits per heavy atom. The van der Waals surface area contributed by atoms with Crippen molar-refractivity contribution >= 4 is 17.9 Å². The summed E-state index contributed by atoms with van der Waals surface area (Å²) in [6.07, 6.45) is 5.18. The fraction of sp³-hybridized carbons (Fsp3) is 0.625. The van der Waals surface area contributed by atoms with Gasteiger partial charge in [-0.2, -0.15) is 0 Å². The minimum atomic E-state index is -0.935. The van der Waals surface area contributed by atoms with E-state index in [9.17, 15) is 14.4 Å². The van der Waals surface area contributed by atoms with Crippen LogP contribution >= 0.6 is 0 Å². The second-order valence-electron chi connectivity index (χ2n) is 7.21. The maximum atomic E-state index is 9.60. The van der Waals surface area contributed by atoms with Crippen LogP contribution in [0.3, 0.4) is 0 Å². The maximum absolute atomic E-state index is 9.60. The number of carboxylic acid groups (broad SMARTS) is 3. The van der Waals surface area contributed by atoms with Crippen LogP contribution in [0.1, 0.15) is 59.3 Å². The van der Waals surface area contributed by atoms with Gasteiger partial charge in [-0.15, -0.1) is 0 Å². The average molecular weight is 511 g/mol. The minimum absolute atomic E-state index is 0.0104. The summed E-state index contributed by atoms with van der Waals surface area (Å²) < 4.78 is 0. The van der Waals surface area contributed by atoms with Gasteiger partial charge in [0.2, 0.25) is 0 Å². The van der Waals surface area contributed by atoms with Gasteiger partial charge in [-0.05, 0) is 46.5 Å². The Labute approximate surface area is 208 Å². The first-order valence-corrected chi connectivity index (χ1v) is 10.9. The summed E-state index contributed by atoms with van der Waals surface area (Å²) in [6, 6.07) is 0. The molecule has 0 heterocycles. The normalized spacial score (nSPS) is 8.83. The van der Waals surface area contributed by atoms with Gasteiger partial charge >= 0.3 is 17.9 Å². The third kappa shape index (κ3) is 54.1. The van der Waals surface area contributed by atoms with Gasteiger partial charge in [0.25, 0.3) is 0 Å². The van der Waals surface area contributed by atoms with Crippen molar-refractivity contribution in [3.05, 3.63) is 36.5 Å². The van der Waals surface area contributed by atoms with E-state index in [1.54, 1.807) is 0 Å². The molecule has 0 saturated heterocycles. The van der Waals surface area contributed by atoms with E-state index in [1.807, 2.05) is 0 Å². The van der Waals surface area contributed by atoms with Crippen LogP contribution in [0.5, 0.6) is 0 Å². The van der Waals surface area contributed by atoms with Crippen LogP contribution in [-0.4, -0.2) is 91.8 Å². The fourth-order valence-electron chi connectivity index (χ4n) is 1.20. The fourth-order valence-corrected chi connectivity index (χ4v) is 1.20. The quantitative estimate of drug-likeness (QED) is 0.132. The first kappa shape index (κ1) is 42.6. The van der Waals surface area contributed by atoms with Gasteiger partial charge < -0.3 is 40.9 Å². The number of aliphatic hydroxyl groups is 5. The van der Waals surface area contributed by atoms with Crippen LogP contribution in [0, 0.1) is 5.92 Å². The highest BCUT2D eigenvalue weighted by molar-refractivity contribution is 5.85. The molecule has 0 saturated carbocycles. The predicted octanol–water partition coefficient (Wildman–Crippen LogP) is 1.83. The van der Waals surface area contributed by atoms with E-state index in [-0.39, 0.29) is 55.7 Å². The highest BCUT2D eigenvalue weighted by atomic mass is 16.4. The monoisotopic (exact) mass is 510 g/mol. The number of carboxylic acids is 3. The van der Waals surface area contributed by atoms with Crippen molar-refractivity contribution in [2.45, 2.75) is 59.3 Å². The van der Waals surface area contributed by atoms with E-state index in [1.165, 1.54) is 20.8 Å². The van der Waals surface area contributed by atoms with Crippen molar-refractivity contribution in [3.63, 3.8) is 0 Å². The number of aliphatic hydroxyl groups excluding tert-OH is 5. The highest BCUT2D eigenvalue weighted by Gasteiger charge is 2.03. The molecule has 0 unspecified atom stereocenters. The SMILES string of the molecule is C=C(C)C(=O)O.C=C(C)C(=O)O.C=C(C)C(=O)O.OCCCC(CO)CO.OCCCCCCO. The molecule has 0 radical (unpaired) electrons. The van der Waals surface area contributed by atoms with Gasteiger partial charge in [-0.1, -0.05) is 32.6 Å². The summed E-state index contributed by atoms with van der Waals surface area (Å²) in [4.78, 5) is 28.8. The molecule has 0 aromatic heterocycles. The highest BCUT2D eigenvalue weighted by Crippen LogP contribution is 2.02. The Morgan fingerprint density at radius 3 is 0.914 bits per heavy atom. The molecule has 0 atom stereocenters. The van der Waals surface area contributed by atoms with E-state index in [2.05, 4.69) is 19.7 Å². The number of unbranched alkanes of at least 4 members (excludes halogenated alkanes) is 3. The van der Waals surface area contributed by atoms with E-state index in [0.29, 0.717) is 12.8 Å². The van der Waals surface area contributed by atoms with Crippen molar-refractivity contribution in [1.82, 2.24) is 0 Å². The molecule has 208 valence electrons. The molecular weight excluding hydrogens is 464 g/mol. The van der Waals surface area contributed by atoms with E-state index in [4.69, 9.17) is 40.9 Å². The lowest BCUT2D eigenvalue weighted by molar-refractivity contribution is -0.133. The van der Waals surface area contributed by atoms with Crippen LogP contribution in [-0.2, 0) is 14.4 Å². The summed E-state index contributed by atoms with van der Waals surface area (Å²) in [6.45, 7) is 14.5. The Bertz CT molecular complexity index is 469. The molecule has 0 fully saturated rings. The Balaban J connectivity index is -0.000000108. The van der Waals surface area contributed by atoms with Gasteiger partial charge in [-0.25, -0.2) is 14.4 Å². The summed E-state index contributed by atoms with van der Waals surface area (Å²) in [5.41, 5.74) is 0.528. The van der Waals surface area contributed by atoms with Crippen LogP contribution in [0.4, 0.5) is 0 Å². The number of rotatable bonds is 13. The van der Waals surface area contributed by atoms with E-state index in [0.717, 1.165) is 25.7 Å². The third-order valence-corrected chi connectivity index (χ3v) is 3.45. The van der Waals surface area contributed by atoms with Gasteiger partial charge in [0, 0.05) is 55.7 Å². The molecule has 0 aliphatic heterocycles. The van der Waals surface area contributed by atoms with Crippen LogP contribution in [0.15, 0.2) is 36.5 Å². The topological polar surface area (TPSA) is 213 Å². The summed E-state index contributed by atoms with van der Waals surface area (Å²) in [5.74, 6) is -2.85. The second kappa shape index (κ2) is 33.6. The lowest BCUT2D eigenvalue weighted by Crippen LogP contribution is -2.11. The van der Waals surface area contributed by atoms with Gasteiger partial charge in [0.15, 0.2) is 0 Å². The summed E-state index contributed by atoms with van der Waals surface area (Å²) >= 11 is 0. The van der Waals surface area contributed by atoms with Crippen molar-refractivity contribution in [2.24, 2.45) is 5.92 Å². The Kier molecular flexibility index (Phi) is 40.9. The minimum Gasteiger partial charge on any atom is -0.478 e. The first-order valence-electron chi connectivity index (χ1n) is 10.9. The van der Waals surface area contributed by atoms with Gasteiger partial charge in [0.05, 0.1) is 0 Å². The Morgan fingerprint density at radius 1 is 0.543 bits per heavy atom. The number of hydrogen-bond acceptors (Lipinski definition) is 8. The number of carbonyl (C=O) groups is 3. The molecule has 0 aliphatic rings. The van der Waals surface area contributed by atoms with Crippen LogP contribution in [0.25, 0.3) is 0 Å². The molecule has 0 rings (SSSR count). The predicted molar refractivity (Wildman–Crippen MR) is 134 cm³/mol. The second-order valence-corrected chi connectivity index (χ2v) is 7.21. The van der Waals surface area contributed by atoms with E-state index < -0.39 is 17.9 Å². The third-order valence-electron chi connectivity index (χ3n) is 3.45. The zero-order valence-electron chi connectivity index (χ0n) is 21.3. The molecule has 11 heteroatoms. The number of hydrogen-bond donors (Lipinski definition) is 8. The van der Waals surface area contributed by atoms with Crippen LogP contribution in [0.2, 0.25) is 0 Å².